The van der Waals surface area contributed by atoms with Crippen molar-refractivity contribution in [2.75, 3.05) is 46.2 Å². The number of alkyl halides is 3. The average molecular weight is 952 g/mol. The Morgan fingerprint density at radius 1 is 0.970 bits per heavy atom. The number of hydrogen-bond acceptors (Lipinski definition) is 16. The predicted molar refractivity (Wildman–Crippen MR) is 239 cm³/mol. The first-order chi connectivity index (χ1) is 30.5. The summed E-state index contributed by atoms with van der Waals surface area (Å²) in [5.74, 6) is -3.00. The highest BCUT2D eigenvalue weighted by atomic mass is 19.4. The van der Waals surface area contributed by atoms with E-state index in [1.807, 2.05) is 18.7 Å². The van der Waals surface area contributed by atoms with Gasteiger partial charge in [0.25, 0.3) is 0 Å². The normalized spacial score (nSPS) is 42.3. The molecule has 0 aromatic heterocycles. The Balaban J connectivity index is 1.69. The summed E-state index contributed by atoms with van der Waals surface area (Å²) in [7, 11) is 4.99. The number of carbonyl (C=O) groups excluding carboxylic acids is 1. The third kappa shape index (κ3) is 13.5. The van der Waals surface area contributed by atoms with Crippen molar-refractivity contribution in [1.82, 2.24) is 9.80 Å². The first-order valence-electron chi connectivity index (χ1n) is 23.3. The van der Waals surface area contributed by atoms with Crippen molar-refractivity contribution in [2.45, 2.75) is 197 Å². The molecule has 3 aliphatic rings. The number of halogens is 3. The fourth-order valence-corrected chi connectivity index (χ4v) is 10.2. The lowest BCUT2D eigenvalue weighted by atomic mass is 9.77. The van der Waals surface area contributed by atoms with E-state index < -0.39 is 126 Å². The third-order valence-corrected chi connectivity index (χ3v) is 14.4. The standard InChI is InChI=1S/C47H80F3N3O13/c1-14-35-46(10,60)39(56)29(6)52(11)23-25(2)20-44(8,59)41(27(4)38(28(5)42(58)64-35)65-36-21-45(9,61-13)40(57)30(7)63-36)66-43-37(55)34(19-26(3)62-43)53(12)24-33(54)22-51-32-17-15-31(16-18-32)47(48,49)50/h15-18,25-30,33-41,43,51,54-57,59-60H,14,19-24H2,1-13H3/t25-,26-,27+,28-,29-,30+,33?,34?,35-,36+,37-,38+,39-,40+,41-,43+,44-,45-,46-/m1/s1. The molecule has 1 aromatic rings. The lowest BCUT2D eigenvalue weighted by Gasteiger charge is -2.49. The molecule has 382 valence electrons. The van der Waals surface area contributed by atoms with Gasteiger partial charge in [-0.1, -0.05) is 20.8 Å². The lowest BCUT2D eigenvalue weighted by Crippen LogP contribution is -2.61. The average Bonchev–Trinajstić information content (AvgIpc) is 3.23. The number of likely N-dealkylation sites (N-methyl/N-ethyl adjacent to an activating group) is 2. The summed E-state index contributed by atoms with van der Waals surface area (Å²) >= 11 is 0. The number of rotatable bonds is 12. The monoisotopic (exact) mass is 952 g/mol. The maximum absolute atomic E-state index is 14.4. The van der Waals surface area contributed by atoms with Gasteiger partial charge in [0.1, 0.15) is 30.0 Å². The highest BCUT2D eigenvalue weighted by Crippen LogP contribution is 2.40. The Hall–Kier alpha value is -2.24. The Labute approximate surface area is 389 Å². The lowest BCUT2D eigenvalue weighted by molar-refractivity contribution is -0.318. The van der Waals surface area contributed by atoms with E-state index in [0.29, 0.717) is 18.7 Å². The van der Waals surface area contributed by atoms with E-state index >= 15 is 0 Å². The number of esters is 1. The quantitative estimate of drug-likeness (QED) is 0.149. The Kier molecular flexibility index (Phi) is 19.4. The number of hydrogen-bond donors (Lipinski definition) is 7. The maximum Gasteiger partial charge on any atom is 0.416 e. The van der Waals surface area contributed by atoms with Crippen LogP contribution in [-0.4, -0.2) is 184 Å². The molecule has 19 heteroatoms. The van der Waals surface area contributed by atoms with Crippen molar-refractivity contribution in [1.29, 1.82) is 0 Å². The van der Waals surface area contributed by atoms with Gasteiger partial charge in [0.15, 0.2) is 12.6 Å². The molecule has 7 N–H and O–H groups in total. The smallest absolute Gasteiger partial charge is 0.416 e. The molecule has 2 unspecified atom stereocenters. The van der Waals surface area contributed by atoms with E-state index in [2.05, 4.69) is 5.32 Å². The van der Waals surface area contributed by atoms with Crippen molar-refractivity contribution in [3.8, 4) is 0 Å². The first kappa shape index (κ1) is 56.3. The fraction of sp³-hybridized carbons (Fsp3) is 0.851. The zero-order valence-electron chi connectivity index (χ0n) is 41.1. The molecule has 3 saturated heterocycles. The molecule has 4 rings (SSSR count). The van der Waals surface area contributed by atoms with Gasteiger partial charge >= 0.3 is 12.1 Å². The van der Waals surface area contributed by atoms with Gasteiger partial charge in [0.2, 0.25) is 0 Å². The summed E-state index contributed by atoms with van der Waals surface area (Å²) in [6.45, 7) is 17.5. The molecule has 66 heavy (non-hydrogen) atoms. The van der Waals surface area contributed by atoms with Gasteiger partial charge < -0.3 is 69.3 Å². The molecule has 1 aromatic carbocycles. The van der Waals surface area contributed by atoms with E-state index in [1.54, 1.807) is 67.5 Å². The summed E-state index contributed by atoms with van der Waals surface area (Å²) in [5, 5.41) is 73.2. The van der Waals surface area contributed by atoms with E-state index in [4.69, 9.17) is 28.4 Å². The zero-order valence-corrected chi connectivity index (χ0v) is 41.1. The van der Waals surface area contributed by atoms with Crippen LogP contribution in [0, 0.1) is 17.8 Å². The van der Waals surface area contributed by atoms with Crippen LogP contribution < -0.4 is 5.32 Å². The van der Waals surface area contributed by atoms with Crippen molar-refractivity contribution < 1.29 is 77.0 Å². The van der Waals surface area contributed by atoms with Crippen LogP contribution in [0.2, 0.25) is 0 Å². The summed E-state index contributed by atoms with van der Waals surface area (Å²) in [6.07, 6.45) is -15.6. The highest BCUT2D eigenvalue weighted by Gasteiger charge is 2.53. The largest absolute Gasteiger partial charge is 0.459 e. The van der Waals surface area contributed by atoms with Crippen molar-refractivity contribution in [3.63, 3.8) is 0 Å². The van der Waals surface area contributed by atoms with Gasteiger partial charge in [-0.2, -0.15) is 13.2 Å². The molecule has 0 saturated carbocycles. The molecule has 3 heterocycles. The molecule has 0 bridgehead atoms. The zero-order chi connectivity index (χ0) is 49.9. The molecule has 0 radical (unpaired) electrons. The number of aliphatic hydroxyl groups is 6. The van der Waals surface area contributed by atoms with Crippen LogP contribution in [0.25, 0.3) is 0 Å². The van der Waals surface area contributed by atoms with Crippen molar-refractivity contribution in [3.05, 3.63) is 29.8 Å². The van der Waals surface area contributed by atoms with Gasteiger partial charge in [-0.25, -0.2) is 0 Å². The minimum absolute atomic E-state index is 0.00258. The Morgan fingerprint density at radius 2 is 1.59 bits per heavy atom. The number of carbonyl (C=O) groups is 1. The van der Waals surface area contributed by atoms with Crippen LogP contribution in [0.15, 0.2) is 24.3 Å². The number of anilines is 1. The minimum atomic E-state index is -4.48. The van der Waals surface area contributed by atoms with Crippen LogP contribution in [0.4, 0.5) is 18.9 Å². The molecule has 0 amide bonds. The van der Waals surface area contributed by atoms with Crippen LogP contribution in [-0.2, 0) is 39.4 Å². The van der Waals surface area contributed by atoms with Crippen LogP contribution in [0.3, 0.4) is 0 Å². The molecule has 3 aliphatic heterocycles. The second-order valence-electron chi connectivity index (χ2n) is 20.3. The first-order valence-corrected chi connectivity index (χ1v) is 23.3. The SMILES string of the molecule is CC[C@H]1OC(=O)[C@H](C)[C@@H](O[C@H]2C[C@@](C)(OC)[C@@H](O)[C@H](C)O2)[C@H](C)[C@@H](O[C@@H]2O[C@H](C)CC(N(C)CC(O)CNc3ccc(C(F)(F)F)cc3)[C@H]2O)[C@](C)(O)C[C@@H](C)CN(C)[C@H](C)[C@@H](O)[C@]1(C)O. The number of nitrogens with zero attached hydrogens (tertiary/aromatic N) is 2. The third-order valence-electron chi connectivity index (χ3n) is 14.4. The number of nitrogens with one attached hydrogen (secondary N) is 1. The van der Waals surface area contributed by atoms with Gasteiger partial charge in [0, 0.05) is 56.9 Å². The highest BCUT2D eigenvalue weighted by molar-refractivity contribution is 5.73. The molecule has 3 fully saturated rings. The summed E-state index contributed by atoms with van der Waals surface area (Å²) in [4.78, 5) is 18.0. The molecule has 0 spiro atoms. The van der Waals surface area contributed by atoms with Crippen LogP contribution >= 0.6 is 0 Å². The molecule has 19 atom stereocenters. The van der Waals surface area contributed by atoms with E-state index in [-0.39, 0.29) is 38.3 Å². The van der Waals surface area contributed by atoms with Crippen LogP contribution in [0.1, 0.15) is 100 Å². The van der Waals surface area contributed by atoms with Crippen LogP contribution in [0.5, 0.6) is 0 Å². The summed E-state index contributed by atoms with van der Waals surface area (Å²) in [5.41, 5.74) is -5.07. The number of cyclic esters (lactones) is 1. The molecular weight excluding hydrogens is 872 g/mol. The van der Waals surface area contributed by atoms with Gasteiger partial charge in [-0.05, 0) is 112 Å². The maximum atomic E-state index is 14.4. The number of benzene rings is 1. The van der Waals surface area contributed by atoms with Gasteiger partial charge in [-0.3, -0.25) is 9.69 Å². The predicted octanol–water partition coefficient (Wildman–Crippen LogP) is 3.76. The Bertz CT molecular complexity index is 1680. The van der Waals surface area contributed by atoms with E-state index in [0.717, 1.165) is 12.1 Å². The van der Waals surface area contributed by atoms with E-state index in [1.165, 1.54) is 26.2 Å². The van der Waals surface area contributed by atoms with Gasteiger partial charge in [0.05, 0.1) is 53.2 Å². The minimum Gasteiger partial charge on any atom is -0.459 e. The number of aliphatic hydroxyl groups excluding tert-OH is 4. The van der Waals surface area contributed by atoms with E-state index in [9.17, 15) is 48.6 Å². The second-order valence-corrected chi connectivity index (χ2v) is 20.3. The topological polar surface area (TPSA) is 212 Å². The second kappa shape index (κ2) is 22.7. The fourth-order valence-electron chi connectivity index (χ4n) is 10.2. The van der Waals surface area contributed by atoms with Crippen molar-refractivity contribution >= 4 is 11.7 Å². The van der Waals surface area contributed by atoms with Gasteiger partial charge in [-0.15, -0.1) is 0 Å². The summed E-state index contributed by atoms with van der Waals surface area (Å²) < 4.78 is 77.0. The molecule has 0 aliphatic carbocycles. The summed E-state index contributed by atoms with van der Waals surface area (Å²) in [6, 6.07) is 3.24. The number of methoxy groups -OCH3 is 1. The molecular formula is C47H80F3N3O13. The Morgan fingerprint density at radius 3 is 2.17 bits per heavy atom. The number of ether oxygens (including phenoxy) is 6. The molecule has 16 nitrogen and oxygen atoms in total. The van der Waals surface area contributed by atoms with Crippen molar-refractivity contribution in [2.24, 2.45) is 17.8 Å².